The molecule has 1 aromatic heterocycles. The van der Waals surface area contributed by atoms with Crippen LogP contribution in [0.25, 0.3) is 0 Å². The van der Waals surface area contributed by atoms with Gasteiger partial charge in [-0.15, -0.1) is 6.58 Å². The summed E-state index contributed by atoms with van der Waals surface area (Å²) in [6, 6.07) is 7.78. The Morgan fingerprint density at radius 2 is 1.87 bits per heavy atom. The van der Waals surface area contributed by atoms with Crippen molar-refractivity contribution in [3.63, 3.8) is 0 Å². The number of anilines is 1. The molecule has 0 saturated heterocycles. The van der Waals surface area contributed by atoms with E-state index in [1.165, 1.54) is 18.3 Å². The minimum absolute atomic E-state index is 0.129. The highest BCUT2D eigenvalue weighted by molar-refractivity contribution is 6.40. The van der Waals surface area contributed by atoms with E-state index in [0.717, 1.165) is 0 Å². The van der Waals surface area contributed by atoms with Gasteiger partial charge in [-0.2, -0.15) is 0 Å². The molecule has 0 radical (unpaired) electrons. The molecule has 0 unspecified atom stereocenters. The zero-order chi connectivity index (χ0) is 16.8. The number of benzene rings is 1. The molecule has 1 aromatic carbocycles. The van der Waals surface area contributed by atoms with Crippen LogP contribution in [-0.4, -0.2) is 23.3 Å². The van der Waals surface area contributed by atoms with Gasteiger partial charge in [0.1, 0.15) is 5.69 Å². The molecule has 0 aliphatic rings. The molecular formula is C16H13Cl2N3O2. The molecule has 0 spiro atoms. The van der Waals surface area contributed by atoms with Gasteiger partial charge in [-0.1, -0.05) is 35.3 Å². The van der Waals surface area contributed by atoms with Gasteiger partial charge >= 0.3 is 0 Å². The number of hydrogen-bond donors (Lipinski definition) is 2. The van der Waals surface area contributed by atoms with E-state index in [9.17, 15) is 9.59 Å². The number of carbonyl (C=O) groups excluding carboxylic acids is 2. The lowest BCUT2D eigenvalue weighted by atomic mass is 10.2. The maximum absolute atomic E-state index is 12.3. The summed E-state index contributed by atoms with van der Waals surface area (Å²) in [5, 5.41) is 5.86. The first kappa shape index (κ1) is 17.0. The van der Waals surface area contributed by atoms with E-state index < -0.39 is 11.8 Å². The summed E-state index contributed by atoms with van der Waals surface area (Å²) in [6.07, 6.45) is 2.93. The standard InChI is InChI=1S/C16H13Cl2N3O2/c1-2-7-20-16(23)13-9-10(6-8-19-13)15(22)21-14-11(17)4-3-5-12(14)18/h2-6,8-9H,1,7H2,(H,20,23)(H,21,22). The molecule has 5 nitrogen and oxygen atoms in total. The highest BCUT2D eigenvalue weighted by atomic mass is 35.5. The predicted molar refractivity (Wildman–Crippen MR) is 91.2 cm³/mol. The van der Waals surface area contributed by atoms with E-state index >= 15 is 0 Å². The minimum atomic E-state index is -0.444. The lowest BCUT2D eigenvalue weighted by Gasteiger charge is -2.09. The third-order valence-corrected chi connectivity index (χ3v) is 3.49. The highest BCUT2D eigenvalue weighted by Gasteiger charge is 2.14. The number of rotatable bonds is 5. The third-order valence-electron chi connectivity index (χ3n) is 2.86. The number of carbonyl (C=O) groups is 2. The number of halogens is 2. The van der Waals surface area contributed by atoms with Crippen LogP contribution in [0.4, 0.5) is 5.69 Å². The van der Waals surface area contributed by atoms with Crippen molar-refractivity contribution in [1.82, 2.24) is 10.3 Å². The first-order valence-electron chi connectivity index (χ1n) is 6.63. The van der Waals surface area contributed by atoms with Crippen LogP contribution in [0.1, 0.15) is 20.8 Å². The Morgan fingerprint density at radius 1 is 1.17 bits per heavy atom. The second kappa shape index (κ2) is 7.76. The molecule has 7 heteroatoms. The summed E-state index contributed by atoms with van der Waals surface area (Å²) in [4.78, 5) is 28.1. The minimum Gasteiger partial charge on any atom is -0.347 e. The molecule has 0 saturated carbocycles. The predicted octanol–water partition coefficient (Wildman–Crippen LogP) is 3.56. The molecule has 2 rings (SSSR count). The van der Waals surface area contributed by atoms with Gasteiger partial charge in [0.05, 0.1) is 15.7 Å². The van der Waals surface area contributed by atoms with E-state index in [1.54, 1.807) is 24.3 Å². The molecule has 2 aromatic rings. The van der Waals surface area contributed by atoms with Crippen molar-refractivity contribution in [3.8, 4) is 0 Å². The molecule has 0 aliphatic carbocycles. The normalized spacial score (nSPS) is 10.0. The van der Waals surface area contributed by atoms with Crippen molar-refractivity contribution in [2.24, 2.45) is 0 Å². The summed E-state index contributed by atoms with van der Waals surface area (Å²) in [5.41, 5.74) is 0.708. The number of nitrogens with one attached hydrogen (secondary N) is 2. The number of hydrogen-bond acceptors (Lipinski definition) is 3. The van der Waals surface area contributed by atoms with Crippen LogP contribution in [0.2, 0.25) is 10.0 Å². The van der Waals surface area contributed by atoms with Crippen LogP contribution in [0.15, 0.2) is 49.2 Å². The third kappa shape index (κ3) is 4.31. The SMILES string of the molecule is C=CCNC(=O)c1cc(C(=O)Nc2c(Cl)cccc2Cl)ccn1. The lowest BCUT2D eigenvalue weighted by Crippen LogP contribution is -2.24. The molecule has 2 amide bonds. The fourth-order valence-corrected chi connectivity index (χ4v) is 2.25. The molecule has 0 fully saturated rings. The Morgan fingerprint density at radius 3 is 2.52 bits per heavy atom. The van der Waals surface area contributed by atoms with Crippen LogP contribution < -0.4 is 10.6 Å². The molecule has 23 heavy (non-hydrogen) atoms. The first-order chi connectivity index (χ1) is 11.0. The van der Waals surface area contributed by atoms with Crippen molar-refractivity contribution >= 4 is 40.7 Å². The van der Waals surface area contributed by atoms with Gasteiger partial charge in [-0.25, -0.2) is 0 Å². The number of nitrogens with zero attached hydrogens (tertiary/aromatic N) is 1. The fraction of sp³-hybridized carbons (Fsp3) is 0.0625. The van der Waals surface area contributed by atoms with Gasteiger partial charge < -0.3 is 10.6 Å². The molecule has 0 atom stereocenters. The van der Waals surface area contributed by atoms with Gasteiger partial charge in [0.2, 0.25) is 0 Å². The largest absolute Gasteiger partial charge is 0.347 e. The number of pyridine rings is 1. The second-order valence-corrected chi connectivity index (χ2v) is 5.29. The molecule has 1 heterocycles. The van der Waals surface area contributed by atoms with E-state index in [2.05, 4.69) is 22.2 Å². The van der Waals surface area contributed by atoms with E-state index in [4.69, 9.17) is 23.2 Å². The van der Waals surface area contributed by atoms with Crippen molar-refractivity contribution in [3.05, 3.63) is 70.5 Å². The van der Waals surface area contributed by atoms with E-state index in [-0.39, 0.29) is 11.3 Å². The Bertz CT molecular complexity index is 742. The Hall–Kier alpha value is -2.37. The van der Waals surface area contributed by atoms with Crippen molar-refractivity contribution < 1.29 is 9.59 Å². The number of para-hydroxylation sites is 1. The van der Waals surface area contributed by atoms with Crippen LogP contribution in [0.3, 0.4) is 0 Å². The first-order valence-corrected chi connectivity index (χ1v) is 7.39. The Labute approximate surface area is 143 Å². The summed E-state index contributed by atoms with van der Waals surface area (Å²) in [5.74, 6) is -0.838. The fourth-order valence-electron chi connectivity index (χ4n) is 1.75. The second-order valence-electron chi connectivity index (χ2n) is 4.48. The number of amides is 2. The van der Waals surface area contributed by atoms with Crippen molar-refractivity contribution in [1.29, 1.82) is 0 Å². The van der Waals surface area contributed by atoms with E-state index in [0.29, 0.717) is 22.3 Å². The molecular weight excluding hydrogens is 337 g/mol. The lowest BCUT2D eigenvalue weighted by molar-refractivity contribution is 0.0953. The average Bonchev–Trinajstić information content (AvgIpc) is 2.56. The summed E-state index contributed by atoms with van der Waals surface area (Å²) >= 11 is 12.0. The quantitative estimate of drug-likeness (QED) is 0.810. The summed E-state index contributed by atoms with van der Waals surface area (Å²) in [6.45, 7) is 3.82. The van der Waals surface area contributed by atoms with Crippen LogP contribution in [0.5, 0.6) is 0 Å². The summed E-state index contributed by atoms with van der Waals surface area (Å²) in [7, 11) is 0. The number of aromatic nitrogens is 1. The monoisotopic (exact) mass is 349 g/mol. The topological polar surface area (TPSA) is 71.1 Å². The maximum Gasteiger partial charge on any atom is 0.270 e. The van der Waals surface area contributed by atoms with Crippen LogP contribution in [0, 0.1) is 0 Å². The van der Waals surface area contributed by atoms with Gasteiger partial charge in [0.15, 0.2) is 0 Å². The van der Waals surface area contributed by atoms with Gasteiger partial charge in [0.25, 0.3) is 11.8 Å². The van der Waals surface area contributed by atoms with Crippen LogP contribution >= 0.6 is 23.2 Å². The van der Waals surface area contributed by atoms with Crippen molar-refractivity contribution in [2.75, 3.05) is 11.9 Å². The molecule has 118 valence electrons. The highest BCUT2D eigenvalue weighted by Crippen LogP contribution is 2.30. The van der Waals surface area contributed by atoms with Crippen molar-refractivity contribution in [2.45, 2.75) is 0 Å². The zero-order valence-corrected chi connectivity index (χ0v) is 13.5. The van der Waals surface area contributed by atoms with Gasteiger partial charge in [-0.3, -0.25) is 14.6 Å². The Kier molecular flexibility index (Phi) is 5.73. The van der Waals surface area contributed by atoms with Crippen LogP contribution in [-0.2, 0) is 0 Å². The zero-order valence-electron chi connectivity index (χ0n) is 12.0. The maximum atomic E-state index is 12.3. The van der Waals surface area contributed by atoms with E-state index in [1.807, 2.05) is 0 Å². The van der Waals surface area contributed by atoms with Gasteiger partial charge in [0, 0.05) is 18.3 Å². The molecule has 2 N–H and O–H groups in total. The molecule has 0 bridgehead atoms. The smallest absolute Gasteiger partial charge is 0.270 e. The summed E-state index contributed by atoms with van der Waals surface area (Å²) < 4.78 is 0. The average molecular weight is 350 g/mol. The Balaban J connectivity index is 2.20. The molecule has 0 aliphatic heterocycles. The van der Waals surface area contributed by atoms with Gasteiger partial charge in [-0.05, 0) is 24.3 Å².